The van der Waals surface area contributed by atoms with Crippen LogP contribution in [-0.4, -0.2) is 19.7 Å². The Bertz CT molecular complexity index is 517. The number of aryl methyl sites for hydroxylation is 1. The molecule has 0 spiro atoms. The van der Waals surface area contributed by atoms with Gasteiger partial charge in [-0.15, -0.1) is 0 Å². The fourth-order valence-electron chi connectivity index (χ4n) is 1.71. The molecular weight excluding hydrogens is 236 g/mol. The molecule has 0 amide bonds. The summed E-state index contributed by atoms with van der Waals surface area (Å²) >= 11 is 1.67. The van der Waals surface area contributed by atoms with Crippen LogP contribution in [0.25, 0.3) is 0 Å². The van der Waals surface area contributed by atoms with Gasteiger partial charge in [0.1, 0.15) is 0 Å². The summed E-state index contributed by atoms with van der Waals surface area (Å²) in [6, 6.07) is 0.650. The molecule has 0 saturated heterocycles. The Morgan fingerprint density at radius 3 is 3.00 bits per heavy atom. The first kappa shape index (κ1) is 10.8. The van der Waals surface area contributed by atoms with Crippen molar-refractivity contribution in [3.05, 3.63) is 24.1 Å². The van der Waals surface area contributed by atoms with Crippen molar-refractivity contribution in [1.82, 2.24) is 19.7 Å². The van der Waals surface area contributed by atoms with E-state index in [9.17, 15) is 0 Å². The molecule has 2 aromatic rings. The van der Waals surface area contributed by atoms with Gasteiger partial charge in [-0.2, -0.15) is 4.98 Å². The predicted molar refractivity (Wildman–Crippen MR) is 63.8 cm³/mol. The van der Waals surface area contributed by atoms with E-state index in [2.05, 4.69) is 26.6 Å². The first-order valence-corrected chi connectivity index (χ1v) is 6.61. The van der Waals surface area contributed by atoms with Crippen LogP contribution in [0.3, 0.4) is 0 Å². The van der Waals surface area contributed by atoms with E-state index in [1.165, 1.54) is 12.8 Å². The lowest BCUT2D eigenvalue weighted by Gasteiger charge is -2.08. The molecule has 0 aliphatic heterocycles. The molecule has 0 radical (unpaired) electrons. The molecule has 1 aliphatic rings. The SMILES string of the molecule is Cc1noc(C(C)Sc2nccn2C2CC2)n1. The summed E-state index contributed by atoms with van der Waals surface area (Å²) in [6.07, 6.45) is 6.42. The second-order valence-corrected chi connectivity index (χ2v) is 5.60. The van der Waals surface area contributed by atoms with Gasteiger partial charge in [0.05, 0.1) is 5.25 Å². The Labute approximate surface area is 104 Å². The van der Waals surface area contributed by atoms with Gasteiger partial charge >= 0.3 is 0 Å². The van der Waals surface area contributed by atoms with Crippen molar-refractivity contribution in [3.63, 3.8) is 0 Å². The molecule has 0 bridgehead atoms. The van der Waals surface area contributed by atoms with Gasteiger partial charge in [0, 0.05) is 18.4 Å². The zero-order valence-corrected chi connectivity index (χ0v) is 10.6. The van der Waals surface area contributed by atoms with Gasteiger partial charge in [-0.25, -0.2) is 4.98 Å². The van der Waals surface area contributed by atoms with Crippen LogP contribution in [-0.2, 0) is 0 Å². The molecule has 5 nitrogen and oxygen atoms in total. The fraction of sp³-hybridized carbons (Fsp3) is 0.545. The second kappa shape index (κ2) is 4.18. The molecule has 1 atom stereocenters. The smallest absolute Gasteiger partial charge is 0.239 e. The molecule has 6 heteroatoms. The number of imidazole rings is 1. The summed E-state index contributed by atoms with van der Waals surface area (Å²) in [5.41, 5.74) is 0. The van der Waals surface area contributed by atoms with E-state index in [0.717, 1.165) is 5.16 Å². The Morgan fingerprint density at radius 1 is 1.53 bits per heavy atom. The summed E-state index contributed by atoms with van der Waals surface area (Å²) < 4.78 is 7.41. The summed E-state index contributed by atoms with van der Waals surface area (Å²) in [5.74, 6) is 1.34. The van der Waals surface area contributed by atoms with Crippen molar-refractivity contribution in [2.45, 2.75) is 43.1 Å². The van der Waals surface area contributed by atoms with Crippen LogP contribution in [0, 0.1) is 6.92 Å². The maximum Gasteiger partial charge on any atom is 0.239 e. The van der Waals surface area contributed by atoms with Crippen LogP contribution in [0.5, 0.6) is 0 Å². The molecule has 3 rings (SSSR count). The van der Waals surface area contributed by atoms with Crippen LogP contribution in [0.15, 0.2) is 22.1 Å². The highest BCUT2D eigenvalue weighted by molar-refractivity contribution is 7.99. The number of hydrogen-bond acceptors (Lipinski definition) is 5. The minimum atomic E-state index is 0.135. The number of thioether (sulfide) groups is 1. The van der Waals surface area contributed by atoms with Gasteiger partial charge in [-0.3, -0.25) is 0 Å². The lowest BCUT2D eigenvalue weighted by molar-refractivity contribution is 0.376. The van der Waals surface area contributed by atoms with Crippen molar-refractivity contribution >= 4 is 11.8 Å². The van der Waals surface area contributed by atoms with Crippen molar-refractivity contribution < 1.29 is 4.52 Å². The largest absolute Gasteiger partial charge is 0.338 e. The first-order chi connectivity index (χ1) is 8.24. The van der Waals surface area contributed by atoms with Gasteiger partial charge < -0.3 is 9.09 Å². The van der Waals surface area contributed by atoms with E-state index < -0.39 is 0 Å². The van der Waals surface area contributed by atoms with Crippen molar-refractivity contribution in [3.8, 4) is 0 Å². The maximum absolute atomic E-state index is 5.17. The summed E-state index contributed by atoms with van der Waals surface area (Å²) in [7, 11) is 0. The van der Waals surface area contributed by atoms with E-state index in [-0.39, 0.29) is 5.25 Å². The Balaban J connectivity index is 1.75. The topological polar surface area (TPSA) is 56.7 Å². The van der Waals surface area contributed by atoms with Crippen LogP contribution < -0.4 is 0 Å². The summed E-state index contributed by atoms with van der Waals surface area (Å²) in [4.78, 5) is 8.63. The van der Waals surface area contributed by atoms with Gasteiger partial charge in [-0.1, -0.05) is 16.9 Å². The monoisotopic (exact) mass is 250 g/mol. The van der Waals surface area contributed by atoms with Gasteiger partial charge in [0.25, 0.3) is 0 Å². The summed E-state index contributed by atoms with van der Waals surface area (Å²) in [5, 5.41) is 4.98. The van der Waals surface area contributed by atoms with Crippen molar-refractivity contribution in [2.24, 2.45) is 0 Å². The lowest BCUT2D eigenvalue weighted by Crippen LogP contribution is -1.97. The number of aromatic nitrogens is 4. The van der Waals surface area contributed by atoms with Crippen LogP contribution >= 0.6 is 11.8 Å². The molecule has 1 saturated carbocycles. The zero-order valence-electron chi connectivity index (χ0n) is 9.83. The van der Waals surface area contributed by atoms with Crippen LogP contribution in [0.1, 0.15) is 42.8 Å². The average molecular weight is 250 g/mol. The Hall–Kier alpha value is -1.30. The van der Waals surface area contributed by atoms with Gasteiger partial charge in [-0.05, 0) is 26.7 Å². The molecule has 0 N–H and O–H groups in total. The third kappa shape index (κ3) is 2.22. The maximum atomic E-state index is 5.17. The molecule has 1 fully saturated rings. The number of nitrogens with zero attached hydrogens (tertiary/aromatic N) is 4. The minimum absolute atomic E-state index is 0.135. The van der Waals surface area contributed by atoms with Crippen LogP contribution in [0.4, 0.5) is 0 Å². The predicted octanol–water partition coefficient (Wildman–Crippen LogP) is 2.76. The third-order valence-corrected chi connectivity index (χ3v) is 3.83. The summed E-state index contributed by atoms with van der Waals surface area (Å²) in [6.45, 7) is 3.89. The highest BCUT2D eigenvalue weighted by atomic mass is 32.2. The fourth-order valence-corrected chi connectivity index (χ4v) is 2.67. The minimum Gasteiger partial charge on any atom is -0.338 e. The molecule has 1 aliphatic carbocycles. The number of hydrogen-bond donors (Lipinski definition) is 0. The van der Waals surface area contributed by atoms with E-state index >= 15 is 0 Å². The number of rotatable bonds is 4. The first-order valence-electron chi connectivity index (χ1n) is 5.74. The third-order valence-electron chi connectivity index (χ3n) is 2.75. The van der Waals surface area contributed by atoms with E-state index in [1.54, 1.807) is 11.8 Å². The van der Waals surface area contributed by atoms with E-state index in [0.29, 0.717) is 17.8 Å². The van der Waals surface area contributed by atoms with Crippen molar-refractivity contribution in [2.75, 3.05) is 0 Å². The van der Waals surface area contributed by atoms with E-state index in [1.807, 2.05) is 19.3 Å². The quantitative estimate of drug-likeness (QED) is 0.781. The molecule has 0 aromatic carbocycles. The Morgan fingerprint density at radius 2 is 2.35 bits per heavy atom. The van der Waals surface area contributed by atoms with Gasteiger partial charge in [0.2, 0.25) is 5.89 Å². The molecule has 17 heavy (non-hydrogen) atoms. The molecule has 1 unspecified atom stereocenters. The highest BCUT2D eigenvalue weighted by Crippen LogP contribution is 2.40. The second-order valence-electron chi connectivity index (χ2n) is 4.29. The molecular formula is C11H14N4OS. The van der Waals surface area contributed by atoms with Crippen LogP contribution in [0.2, 0.25) is 0 Å². The zero-order chi connectivity index (χ0) is 11.8. The standard InChI is InChI=1S/C11H14N4OS/c1-7(10-13-8(2)14-16-10)17-11-12-5-6-15(11)9-3-4-9/h5-7,9H,3-4H2,1-2H3. The molecule has 2 aromatic heterocycles. The molecule has 2 heterocycles. The highest BCUT2D eigenvalue weighted by Gasteiger charge is 2.27. The lowest BCUT2D eigenvalue weighted by atomic mass is 10.5. The molecule has 90 valence electrons. The van der Waals surface area contributed by atoms with Gasteiger partial charge in [0.15, 0.2) is 11.0 Å². The van der Waals surface area contributed by atoms with E-state index in [4.69, 9.17) is 4.52 Å². The Kier molecular flexibility index (Phi) is 2.66. The normalized spacial score (nSPS) is 17.3. The average Bonchev–Trinajstić information content (AvgIpc) is 2.89. The van der Waals surface area contributed by atoms with Crippen molar-refractivity contribution in [1.29, 1.82) is 0 Å².